The largest absolute Gasteiger partial charge is 0.478 e. The van der Waals surface area contributed by atoms with Gasteiger partial charge in [0, 0.05) is 6.54 Å². The lowest BCUT2D eigenvalue weighted by molar-refractivity contribution is 0.0697. The molecule has 0 heterocycles. The zero-order valence-electron chi connectivity index (χ0n) is 7.27. The molecular formula is C9H11NO3. The molecule has 2 N–H and O–H groups in total. The van der Waals surface area contributed by atoms with Crippen molar-refractivity contribution >= 4 is 11.7 Å². The minimum absolute atomic E-state index is 0.216. The van der Waals surface area contributed by atoms with E-state index in [4.69, 9.17) is 5.11 Å². The molecule has 1 aromatic rings. The van der Waals surface area contributed by atoms with Crippen LogP contribution in [0.1, 0.15) is 17.3 Å². The van der Waals surface area contributed by atoms with E-state index in [0.717, 1.165) is 5.06 Å². The number of carboxylic acids is 1. The number of hydrogen-bond acceptors (Lipinski definition) is 3. The van der Waals surface area contributed by atoms with Crippen LogP contribution in [-0.4, -0.2) is 22.8 Å². The van der Waals surface area contributed by atoms with Gasteiger partial charge in [-0.05, 0) is 31.2 Å². The monoisotopic (exact) mass is 181 g/mol. The van der Waals surface area contributed by atoms with E-state index in [1.165, 1.54) is 12.1 Å². The zero-order valence-corrected chi connectivity index (χ0v) is 7.27. The molecule has 0 radical (unpaired) electrons. The molecule has 1 rings (SSSR count). The first-order chi connectivity index (χ1) is 6.15. The first-order valence-corrected chi connectivity index (χ1v) is 3.95. The number of rotatable bonds is 3. The Balaban J connectivity index is 2.87. The van der Waals surface area contributed by atoms with E-state index in [0.29, 0.717) is 12.2 Å². The number of hydrogen-bond donors (Lipinski definition) is 2. The highest BCUT2D eigenvalue weighted by atomic mass is 16.5. The summed E-state index contributed by atoms with van der Waals surface area (Å²) < 4.78 is 0. The molecule has 13 heavy (non-hydrogen) atoms. The third kappa shape index (κ3) is 2.19. The molecule has 0 aliphatic heterocycles. The van der Waals surface area contributed by atoms with Gasteiger partial charge in [0.25, 0.3) is 0 Å². The van der Waals surface area contributed by atoms with E-state index in [-0.39, 0.29) is 5.56 Å². The first-order valence-electron chi connectivity index (χ1n) is 3.95. The highest BCUT2D eigenvalue weighted by molar-refractivity contribution is 5.87. The maximum absolute atomic E-state index is 10.5. The third-order valence-corrected chi connectivity index (χ3v) is 1.71. The molecule has 0 fully saturated rings. The SMILES string of the molecule is CCN(O)c1ccc(C(=O)O)cc1. The van der Waals surface area contributed by atoms with Gasteiger partial charge in [0.05, 0.1) is 11.3 Å². The minimum Gasteiger partial charge on any atom is -0.478 e. The van der Waals surface area contributed by atoms with Crippen molar-refractivity contribution in [3.63, 3.8) is 0 Å². The van der Waals surface area contributed by atoms with Crippen LogP contribution in [0, 0.1) is 0 Å². The molecule has 0 atom stereocenters. The van der Waals surface area contributed by atoms with Crippen molar-refractivity contribution in [2.45, 2.75) is 6.92 Å². The summed E-state index contributed by atoms with van der Waals surface area (Å²) in [6.07, 6.45) is 0. The number of aromatic carboxylic acids is 1. The zero-order chi connectivity index (χ0) is 9.84. The van der Waals surface area contributed by atoms with E-state index in [1.807, 2.05) is 0 Å². The fraction of sp³-hybridized carbons (Fsp3) is 0.222. The number of nitrogens with zero attached hydrogens (tertiary/aromatic N) is 1. The molecule has 0 saturated carbocycles. The Labute approximate surface area is 76.0 Å². The quantitative estimate of drug-likeness (QED) is 0.695. The molecule has 4 heteroatoms. The van der Waals surface area contributed by atoms with Crippen LogP contribution in [0.15, 0.2) is 24.3 Å². The van der Waals surface area contributed by atoms with Gasteiger partial charge in [0.2, 0.25) is 0 Å². The number of hydroxylamine groups is 1. The highest BCUT2D eigenvalue weighted by Gasteiger charge is 2.03. The van der Waals surface area contributed by atoms with E-state index < -0.39 is 5.97 Å². The smallest absolute Gasteiger partial charge is 0.335 e. The van der Waals surface area contributed by atoms with Crippen molar-refractivity contribution in [3.8, 4) is 0 Å². The van der Waals surface area contributed by atoms with Gasteiger partial charge in [-0.25, -0.2) is 4.79 Å². The fourth-order valence-electron chi connectivity index (χ4n) is 0.959. The Morgan fingerprint density at radius 3 is 2.31 bits per heavy atom. The average Bonchev–Trinajstić information content (AvgIpc) is 2.17. The molecule has 0 unspecified atom stereocenters. The summed E-state index contributed by atoms with van der Waals surface area (Å²) in [5, 5.41) is 18.9. The van der Waals surface area contributed by atoms with Gasteiger partial charge >= 0.3 is 5.97 Å². The number of carbonyl (C=O) groups is 1. The molecule has 0 bridgehead atoms. The van der Waals surface area contributed by atoms with E-state index in [2.05, 4.69) is 0 Å². The summed E-state index contributed by atoms with van der Waals surface area (Å²) in [6.45, 7) is 2.26. The van der Waals surface area contributed by atoms with Crippen molar-refractivity contribution in [2.24, 2.45) is 0 Å². The van der Waals surface area contributed by atoms with Crippen molar-refractivity contribution in [1.29, 1.82) is 0 Å². The summed E-state index contributed by atoms with van der Waals surface area (Å²) in [5.41, 5.74) is 0.806. The second kappa shape index (κ2) is 3.91. The van der Waals surface area contributed by atoms with Crippen LogP contribution in [0.4, 0.5) is 5.69 Å². The maximum atomic E-state index is 10.5. The molecule has 1 aromatic carbocycles. The Morgan fingerprint density at radius 2 is 1.92 bits per heavy atom. The van der Waals surface area contributed by atoms with Gasteiger partial charge < -0.3 is 5.11 Å². The van der Waals surface area contributed by atoms with Gasteiger partial charge in [0.1, 0.15) is 0 Å². The molecule has 0 spiro atoms. The standard InChI is InChI=1S/C9H11NO3/c1-2-10(13)8-5-3-7(4-6-8)9(11)12/h3-6,13H,2H2,1H3,(H,11,12). The summed E-state index contributed by atoms with van der Waals surface area (Å²) in [6, 6.07) is 6.03. The Kier molecular flexibility index (Phi) is 2.87. The lowest BCUT2D eigenvalue weighted by atomic mass is 10.2. The summed E-state index contributed by atoms with van der Waals surface area (Å²) in [5.74, 6) is -0.965. The average molecular weight is 181 g/mol. The van der Waals surface area contributed by atoms with Crippen LogP contribution in [0.2, 0.25) is 0 Å². The van der Waals surface area contributed by atoms with Crippen molar-refractivity contribution in [2.75, 3.05) is 11.6 Å². The van der Waals surface area contributed by atoms with Gasteiger partial charge in [-0.1, -0.05) is 0 Å². The van der Waals surface area contributed by atoms with Crippen molar-refractivity contribution in [1.82, 2.24) is 0 Å². The lowest BCUT2D eigenvalue weighted by Gasteiger charge is -2.13. The van der Waals surface area contributed by atoms with Crippen LogP contribution < -0.4 is 5.06 Å². The first kappa shape index (κ1) is 9.54. The third-order valence-electron chi connectivity index (χ3n) is 1.71. The van der Waals surface area contributed by atoms with Gasteiger partial charge in [-0.15, -0.1) is 0 Å². The summed E-state index contributed by atoms with van der Waals surface area (Å²) in [4.78, 5) is 10.5. The van der Waals surface area contributed by atoms with Gasteiger partial charge in [-0.2, -0.15) is 0 Å². The summed E-state index contributed by atoms with van der Waals surface area (Å²) in [7, 11) is 0. The Morgan fingerprint density at radius 1 is 1.38 bits per heavy atom. The molecule has 4 nitrogen and oxygen atoms in total. The minimum atomic E-state index is -0.965. The second-order valence-corrected chi connectivity index (χ2v) is 2.57. The van der Waals surface area contributed by atoms with E-state index >= 15 is 0 Å². The molecule has 0 aliphatic rings. The number of carboxylic acid groups (broad SMARTS) is 1. The molecule has 0 amide bonds. The van der Waals surface area contributed by atoms with Gasteiger partial charge in [0.15, 0.2) is 0 Å². The number of benzene rings is 1. The predicted molar refractivity (Wildman–Crippen MR) is 48.2 cm³/mol. The van der Waals surface area contributed by atoms with E-state index in [1.54, 1.807) is 19.1 Å². The predicted octanol–water partition coefficient (Wildman–Crippen LogP) is 1.60. The lowest BCUT2D eigenvalue weighted by Crippen LogP contribution is -2.16. The second-order valence-electron chi connectivity index (χ2n) is 2.57. The van der Waals surface area contributed by atoms with Crippen LogP contribution in [0.25, 0.3) is 0 Å². The van der Waals surface area contributed by atoms with Crippen LogP contribution in [0.5, 0.6) is 0 Å². The normalized spacial score (nSPS) is 9.69. The van der Waals surface area contributed by atoms with Crippen molar-refractivity contribution < 1.29 is 15.1 Å². The van der Waals surface area contributed by atoms with Crippen LogP contribution >= 0.6 is 0 Å². The topological polar surface area (TPSA) is 60.8 Å². The van der Waals surface area contributed by atoms with Crippen molar-refractivity contribution in [3.05, 3.63) is 29.8 Å². The van der Waals surface area contributed by atoms with Gasteiger partial charge in [-0.3, -0.25) is 10.3 Å². The van der Waals surface area contributed by atoms with E-state index in [9.17, 15) is 10.0 Å². The Hall–Kier alpha value is -1.55. The van der Waals surface area contributed by atoms with Crippen LogP contribution in [0.3, 0.4) is 0 Å². The fourth-order valence-corrected chi connectivity index (χ4v) is 0.959. The molecule has 0 aliphatic carbocycles. The molecule has 0 saturated heterocycles. The summed E-state index contributed by atoms with van der Waals surface area (Å²) >= 11 is 0. The maximum Gasteiger partial charge on any atom is 0.335 e. The highest BCUT2D eigenvalue weighted by Crippen LogP contribution is 2.12. The molecule has 0 aromatic heterocycles. The van der Waals surface area contributed by atoms with Crippen LogP contribution in [-0.2, 0) is 0 Å². The number of anilines is 1. The molecule has 70 valence electrons. The molecular weight excluding hydrogens is 170 g/mol. The Bertz CT molecular complexity index is 294.